The van der Waals surface area contributed by atoms with Crippen LogP contribution in [0, 0.1) is 18.2 Å². The molecule has 0 bridgehead atoms. The molecule has 1 nitrogen and oxygen atoms in total. The van der Waals surface area contributed by atoms with Gasteiger partial charge in [0, 0.05) is 11.1 Å². The number of benzene rings is 1. The minimum atomic E-state index is -0.247. The van der Waals surface area contributed by atoms with Crippen LogP contribution in [0.2, 0.25) is 5.02 Å². The van der Waals surface area contributed by atoms with Gasteiger partial charge in [0.25, 0.3) is 0 Å². The average molecular weight is 258 g/mol. The quantitative estimate of drug-likeness (QED) is 0.838. The van der Waals surface area contributed by atoms with Gasteiger partial charge in [-0.1, -0.05) is 38.4 Å². The van der Waals surface area contributed by atoms with E-state index < -0.39 is 0 Å². The highest BCUT2D eigenvalue weighted by molar-refractivity contribution is 6.31. The van der Waals surface area contributed by atoms with Gasteiger partial charge in [-0.05, 0) is 43.0 Å². The summed E-state index contributed by atoms with van der Waals surface area (Å²) in [7, 11) is 1.91. The molecular weight excluding hydrogens is 237 g/mol. The fourth-order valence-electron chi connectivity index (χ4n) is 2.07. The highest BCUT2D eigenvalue weighted by Gasteiger charge is 2.29. The van der Waals surface area contributed by atoms with Crippen molar-refractivity contribution in [3.63, 3.8) is 0 Å². The Kier molecular flexibility index (Phi) is 4.56. The summed E-state index contributed by atoms with van der Waals surface area (Å²) in [6.45, 7) is 8.28. The molecule has 1 unspecified atom stereocenters. The lowest BCUT2D eigenvalue weighted by Gasteiger charge is -2.34. The number of hydrogen-bond acceptors (Lipinski definition) is 1. The van der Waals surface area contributed by atoms with Crippen molar-refractivity contribution >= 4 is 11.6 Å². The molecule has 0 fully saturated rings. The molecule has 17 heavy (non-hydrogen) atoms. The van der Waals surface area contributed by atoms with E-state index in [1.165, 1.54) is 6.07 Å². The van der Waals surface area contributed by atoms with Crippen molar-refractivity contribution in [2.45, 2.75) is 40.2 Å². The minimum absolute atomic E-state index is 0.0721. The van der Waals surface area contributed by atoms with Gasteiger partial charge in [-0.15, -0.1) is 0 Å². The first-order chi connectivity index (χ1) is 7.83. The molecule has 0 aliphatic carbocycles. The van der Waals surface area contributed by atoms with E-state index in [9.17, 15) is 4.39 Å². The van der Waals surface area contributed by atoms with Crippen LogP contribution < -0.4 is 5.32 Å². The fraction of sp³-hybridized carbons (Fsp3) is 0.571. The second-order valence-electron chi connectivity index (χ2n) is 5.19. The third-order valence-corrected chi connectivity index (χ3v) is 3.90. The van der Waals surface area contributed by atoms with Crippen LogP contribution in [-0.4, -0.2) is 7.05 Å². The molecule has 96 valence electrons. The molecule has 0 aliphatic rings. The summed E-state index contributed by atoms with van der Waals surface area (Å²) in [5.74, 6) is -0.247. The lowest BCUT2D eigenvalue weighted by atomic mass is 9.78. The van der Waals surface area contributed by atoms with Gasteiger partial charge < -0.3 is 5.32 Å². The standard InChI is InChI=1S/C14H21ClFN/c1-6-14(3,4)13(17-5)10-7-9(2)12(16)8-11(10)15/h7-8,13,17H,6H2,1-5H3. The zero-order valence-corrected chi connectivity index (χ0v) is 12.0. The summed E-state index contributed by atoms with van der Waals surface area (Å²) < 4.78 is 13.4. The molecule has 1 aromatic rings. The molecule has 1 rings (SSSR count). The Balaban J connectivity index is 3.26. The Bertz CT molecular complexity index is 401. The Morgan fingerprint density at radius 2 is 2.00 bits per heavy atom. The van der Waals surface area contributed by atoms with Crippen LogP contribution in [0.5, 0.6) is 0 Å². The lowest BCUT2D eigenvalue weighted by molar-refractivity contribution is 0.245. The number of halogens is 2. The summed E-state index contributed by atoms with van der Waals surface area (Å²) in [6.07, 6.45) is 1.02. The first kappa shape index (κ1) is 14.5. The van der Waals surface area contributed by atoms with E-state index in [1.807, 2.05) is 13.1 Å². The molecule has 3 heteroatoms. The van der Waals surface area contributed by atoms with Gasteiger partial charge >= 0.3 is 0 Å². The summed E-state index contributed by atoms with van der Waals surface area (Å²) in [6, 6.07) is 3.37. The summed E-state index contributed by atoms with van der Waals surface area (Å²) in [5.41, 5.74) is 1.68. The zero-order chi connectivity index (χ0) is 13.2. The highest BCUT2D eigenvalue weighted by atomic mass is 35.5. The molecule has 0 spiro atoms. The molecular formula is C14H21ClFN. The first-order valence-electron chi connectivity index (χ1n) is 5.96. The first-order valence-corrected chi connectivity index (χ1v) is 6.34. The third-order valence-electron chi connectivity index (χ3n) is 3.57. The Morgan fingerprint density at radius 3 is 2.47 bits per heavy atom. The monoisotopic (exact) mass is 257 g/mol. The molecule has 0 aromatic heterocycles. The van der Waals surface area contributed by atoms with E-state index in [0.29, 0.717) is 10.6 Å². The number of hydrogen-bond donors (Lipinski definition) is 1. The van der Waals surface area contributed by atoms with Crippen LogP contribution in [0.3, 0.4) is 0 Å². The molecule has 1 N–H and O–H groups in total. The van der Waals surface area contributed by atoms with Crippen LogP contribution in [0.4, 0.5) is 4.39 Å². The third kappa shape index (κ3) is 2.99. The highest BCUT2D eigenvalue weighted by Crippen LogP contribution is 2.39. The van der Waals surface area contributed by atoms with E-state index in [2.05, 4.69) is 26.1 Å². The Labute approximate surface area is 108 Å². The summed E-state index contributed by atoms with van der Waals surface area (Å²) in [4.78, 5) is 0. The van der Waals surface area contributed by atoms with Crippen molar-refractivity contribution in [2.24, 2.45) is 5.41 Å². The van der Waals surface area contributed by atoms with Crippen molar-refractivity contribution in [1.82, 2.24) is 5.32 Å². The van der Waals surface area contributed by atoms with Crippen molar-refractivity contribution in [1.29, 1.82) is 0 Å². The maximum atomic E-state index is 13.4. The van der Waals surface area contributed by atoms with E-state index in [4.69, 9.17) is 11.6 Å². The number of rotatable bonds is 4. The van der Waals surface area contributed by atoms with Gasteiger partial charge in [0.15, 0.2) is 0 Å². The number of aryl methyl sites for hydroxylation is 1. The van der Waals surface area contributed by atoms with E-state index in [0.717, 1.165) is 12.0 Å². The van der Waals surface area contributed by atoms with Crippen molar-refractivity contribution in [2.75, 3.05) is 7.05 Å². The van der Waals surface area contributed by atoms with Crippen LogP contribution >= 0.6 is 11.6 Å². The maximum Gasteiger partial charge on any atom is 0.127 e. The molecule has 1 atom stereocenters. The number of nitrogens with one attached hydrogen (secondary N) is 1. The Hall–Kier alpha value is -0.600. The average Bonchev–Trinajstić information content (AvgIpc) is 2.26. The SMILES string of the molecule is CCC(C)(C)C(NC)c1cc(C)c(F)cc1Cl. The normalized spacial score (nSPS) is 13.8. The predicted octanol–water partition coefficient (Wildman–Crippen LogP) is 4.48. The topological polar surface area (TPSA) is 12.0 Å². The van der Waals surface area contributed by atoms with Crippen LogP contribution in [-0.2, 0) is 0 Å². The van der Waals surface area contributed by atoms with E-state index in [-0.39, 0.29) is 17.3 Å². The smallest absolute Gasteiger partial charge is 0.127 e. The second-order valence-corrected chi connectivity index (χ2v) is 5.59. The van der Waals surface area contributed by atoms with Crippen molar-refractivity contribution in [3.8, 4) is 0 Å². The molecule has 0 radical (unpaired) electrons. The minimum Gasteiger partial charge on any atom is -0.313 e. The second kappa shape index (κ2) is 5.36. The van der Waals surface area contributed by atoms with Gasteiger partial charge in [-0.25, -0.2) is 4.39 Å². The van der Waals surface area contributed by atoms with Crippen molar-refractivity contribution < 1.29 is 4.39 Å². The van der Waals surface area contributed by atoms with Crippen LogP contribution in [0.25, 0.3) is 0 Å². The van der Waals surface area contributed by atoms with Crippen LogP contribution in [0.1, 0.15) is 44.4 Å². The van der Waals surface area contributed by atoms with Gasteiger partial charge in [0.05, 0.1) is 0 Å². The van der Waals surface area contributed by atoms with E-state index in [1.54, 1.807) is 6.92 Å². The van der Waals surface area contributed by atoms with Crippen LogP contribution in [0.15, 0.2) is 12.1 Å². The van der Waals surface area contributed by atoms with Gasteiger partial charge in [0.2, 0.25) is 0 Å². The van der Waals surface area contributed by atoms with Gasteiger partial charge in [-0.3, -0.25) is 0 Å². The lowest BCUT2D eigenvalue weighted by Crippen LogP contribution is -2.31. The molecule has 0 saturated carbocycles. The van der Waals surface area contributed by atoms with E-state index >= 15 is 0 Å². The predicted molar refractivity (Wildman–Crippen MR) is 72.0 cm³/mol. The molecule has 0 saturated heterocycles. The summed E-state index contributed by atoms with van der Waals surface area (Å²) in [5, 5.41) is 3.78. The molecule has 0 aliphatic heterocycles. The molecule has 0 amide bonds. The largest absolute Gasteiger partial charge is 0.313 e. The molecule has 1 aromatic carbocycles. The van der Waals surface area contributed by atoms with Gasteiger partial charge in [-0.2, -0.15) is 0 Å². The Morgan fingerprint density at radius 1 is 1.41 bits per heavy atom. The summed E-state index contributed by atoms with van der Waals surface area (Å²) >= 11 is 6.16. The maximum absolute atomic E-state index is 13.4. The van der Waals surface area contributed by atoms with Crippen molar-refractivity contribution in [3.05, 3.63) is 34.1 Å². The molecule has 0 heterocycles. The fourth-order valence-corrected chi connectivity index (χ4v) is 2.33. The zero-order valence-electron chi connectivity index (χ0n) is 11.2. The van der Waals surface area contributed by atoms with Gasteiger partial charge in [0.1, 0.15) is 5.82 Å².